The molecule has 1 N–H and O–H groups in total. The highest BCUT2D eigenvalue weighted by atomic mass is 16.5. The van der Waals surface area contributed by atoms with E-state index in [0.29, 0.717) is 31.3 Å². The topological polar surface area (TPSA) is 61.9 Å². The Morgan fingerprint density at radius 1 is 1.33 bits per heavy atom. The van der Waals surface area contributed by atoms with Crippen molar-refractivity contribution in [3.05, 3.63) is 30.3 Å². The van der Waals surface area contributed by atoms with Gasteiger partial charge in [-0.05, 0) is 32.4 Å². The Labute approximate surface area is 143 Å². The zero-order valence-corrected chi connectivity index (χ0v) is 14.7. The van der Waals surface area contributed by atoms with Crippen molar-refractivity contribution >= 4 is 17.5 Å². The number of rotatable bonds is 5. The first kappa shape index (κ1) is 18.4. The Morgan fingerprint density at radius 2 is 2.04 bits per heavy atom. The largest absolute Gasteiger partial charge is 0.375 e. The number of morpholine rings is 1. The molecule has 0 aliphatic carbocycles. The Balaban J connectivity index is 1.75. The summed E-state index contributed by atoms with van der Waals surface area (Å²) >= 11 is 0. The molecular formula is C18H27N3O3. The lowest BCUT2D eigenvalue weighted by Gasteiger charge is -2.35. The fraction of sp³-hybridized carbons (Fsp3) is 0.556. The lowest BCUT2D eigenvalue weighted by molar-refractivity contribution is -0.137. The molecule has 0 radical (unpaired) electrons. The molecule has 1 aliphatic heterocycles. The van der Waals surface area contributed by atoms with E-state index < -0.39 is 11.8 Å². The standard InChI is InChI=1S/C18H27N3O3/c1-14(2)21-11-12-24-16(13-21)9-10-19-17(22)18(23)20(3)15-7-5-4-6-8-15/h4-8,14,16H,9-13H2,1-3H3,(H,19,22)/t16-/m0/s1. The smallest absolute Gasteiger partial charge is 0.316 e. The van der Waals surface area contributed by atoms with Crippen LogP contribution >= 0.6 is 0 Å². The van der Waals surface area contributed by atoms with Crippen molar-refractivity contribution in [3.63, 3.8) is 0 Å². The van der Waals surface area contributed by atoms with Gasteiger partial charge < -0.3 is 15.0 Å². The molecule has 1 aliphatic rings. The van der Waals surface area contributed by atoms with Crippen molar-refractivity contribution in [2.75, 3.05) is 38.2 Å². The first-order valence-corrected chi connectivity index (χ1v) is 8.45. The first-order valence-electron chi connectivity index (χ1n) is 8.45. The van der Waals surface area contributed by atoms with Crippen LogP contribution in [0.3, 0.4) is 0 Å². The molecule has 0 spiro atoms. The van der Waals surface area contributed by atoms with E-state index in [2.05, 4.69) is 24.1 Å². The van der Waals surface area contributed by atoms with Crippen LogP contribution in [0.5, 0.6) is 0 Å². The molecule has 24 heavy (non-hydrogen) atoms. The maximum absolute atomic E-state index is 12.1. The molecule has 1 aromatic rings. The molecule has 1 atom stereocenters. The van der Waals surface area contributed by atoms with Crippen LogP contribution in [0, 0.1) is 0 Å². The Kier molecular flexibility index (Phi) is 6.75. The summed E-state index contributed by atoms with van der Waals surface area (Å²) < 4.78 is 5.73. The molecule has 132 valence electrons. The van der Waals surface area contributed by atoms with Gasteiger partial charge in [0.2, 0.25) is 0 Å². The van der Waals surface area contributed by atoms with Crippen LogP contribution in [0.15, 0.2) is 30.3 Å². The zero-order chi connectivity index (χ0) is 17.5. The average Bonchev–Trinajstić information content (AvgIpc) is 2.61. The monoisotopic (exact) mass is 333 g/mol. The van der Waals surface area contributed by atoms with Gasteiger partial charge in [-0.3, -0.25) is 14.5 Å². The van der Waals surface area contributed by atoms with Gasteiger partial charge in [-0.15, -0.1) is 0 Å². The molecule has 6 nitrogen and oxygen atoms in total. The van der Waals surface area contributed by atoms with Crippen molar-refractivity contribution in [2.45, 2.75) is 32.4 Å². The molecule has 1 aromatic carbocycles. The highest BCUT2D eigenvalue weighted by molar-refractivity contribution is 6.40. The van der Waals surface area contributed by atoms with Crippen LogP contribution in [0.4, 0.5) is 5.69 Å². The summed E-state index contributed by atoms with van der Waals surface area (Å²) in [4.78, 5) is 27.9. The predicted octanol–water partition coefficient (Wildman–Crippen LogP) is 1.26. The van der Waals surface area contributed by atoms with E-state index >= 15 is 0 Å². The molecule has 1 fully saturated rings. The molecule has 0 bridgehead atoms. The van der Waals surface area contributed by atoms with Crippen molar-refractivity contribution in [1.29, 1.82) is 0 Å². The van der Waals surface area contributed by atoms with Crippen LogP contribution in [0.1, 0.15) is 20.3 Å². The van der Waals surface area contributed by atoms with Gasteiger partial charge in [0.15, 0.2) is 0 Å². The summed E-state index contributed by atoms with van der Waals surface area (Å²) in [5.74, 6) is -1.15. The number of ether oxygens (including phenoxy) is 1. The van der Waals surface area contributed by atoms with Crippen LogP contribution in [0.25, 0.3) is 0 Å². The molecule has 0 saturated carbocycles. The number of hydrogen-bond donors (Lipinski definition) is 1. The maximum Gasteiger partial charge on any atom is 0.316 e. The van der Waals surface area contributed by atoms with Crippen LogP contribution < -0.4 is 10.2 Å². The third kappa shape index (κ3) is 5.04. The predicted molar refractivity (Wildman–Crippen MR) is 93.9 cm³/mol. The number of carbonyl (C=O) groups is 2. The molecule has 1 heterocycles. The van der Waals surface area contributed by atoms with Crippen molar-refractivity contribution in [3.8, 4) is 0 Å². The highest BCUT2D eigenvalue weighted by Crippen LogP contribution is 2.12. The number of nitrogens with zero attached hydrogens (tertiary/aromatic N) is 2. The van der Waals surface area contributed by atoms with E-state index in [1.54, 1.807) is 19.2 Å². The summed E-state index contributed by atoms with van der Waals surface area (Å²) in [5.41, 5.74) is 0.695. The van der Waals surface area contributed by atoms with Gasteiger partial charge >= 0.3 is 11.8 Å². The van der Waals surface area contributed by atoms with E-state index in [4.69, 9.17) is 4.74 Å². The Bertz CT molecular complexity index is 548. The molecule has 2 rings (SSSR count). The van der Waals surface area contributed by atoms with Gasteiger partial charge in [-0.1, -0.05) is 18.2 Å². The van der Waals surface area contributed by atoms with E-state index in [-0.39, 0.29) is 6.10 Å². The highest BCUT2D eigenvalue weighted by Gasteiger charge is 2.23. The third-order valence-electron chi connectivity index (χ3n) is 4.29. The minimum atomic E-state index is -0.585. The average molecular weight is 333 g/mol. The molecule has 2 amide bonds. The van der Waals surface area contributed by atoms with E-state index in [1.165, 1.54) is 4.90 Å². The Hall–Kier alpha value is -1.92. The number of likely N-dealkylation sites (N-methyl/N-ethyl adjacent to an activating group) is 1. The summed E-state index contributed by atoms with van der Waals surface area (Å²) in [5, 5.41) is 2.70. The normalized spacial score (nSPS) is 18.4. The van der Waals surface area contributed by atoms with Crippen LogP contribution in [-0.4, -0.2) is 62.1 Å². The number of anilines is 1. The molecule has 6 heteroatoms. The minimum Gasteiger partial charge on any atom is -0.375 e. The molecule has 0 unspecified atom stereocenters. The fourth-order valence-corrected chi connectivity index (χ4v) is 2.73. The van der Waals surface area contributed by atoms with Gasteiger partial charge in [0.05, 0.1) is 12.7 Å². The van der Waals surface area contributed by atoms with E-state index in [9.17, 15) is 9.59 Å². The van der Waals surface area contributed by atoms with Gasteiger partial charge in [-0.25, -0.2) is 0 Å². The lowest BCUT2D eigenvalue weighted by atomic mass is 10.1. The van der Waals surface area contributed by atoms with Crippen LogP contribution in [-0.2, 0) is 14.3 Å². The van der Waals surface area contributed by atoms with Gasteiger partial charge in [0.1, 0.15) is 0 Å². The van der Waals surface area contributed by atoms with E-state index in [0.717, 1.165) is 13.1 Å². The van der Waals surface area contributed by atoms with Gasteiger partial charge in [0.25, 0.3) is 0 Å². The number of para-hydroxylation sites is 1. The number of benzene rings is 1. The van der Waals surface area contributed by atoms with Crippen LogP contribution in [0.2, 0.25) is 0 Å². The number of nitrogens with one attached hydrogen (secondary N) is 1. The number of amides is 2. The third-order valence-corrected chi connectivity index (χ3v) is 4.29. The second-order valence-electron chi connectivity index (χ2n) is 6.33. The second-order valence-corrected chi connectivity index (χ2v) is 6.33. The molecular weight excluding hydrogens is 306 g/mol. The summed E-state index contributed by atoms with van der Waals surface area (Å²) in [6.45, 7) is 7.30. The van der Waals surface area contributed by atoms with Gasteiger partial charge in [0, 0.05) is 38.4 Å². The van der Waals surface area contributed by atoms with Gasteiger partial charge in [-0.2, -0.15) is 0 Å². The van der Waals surface area contributed by atoms with Crippen molar-refractivity contribution in [1.82, 2.24) is 10.2 Å². The first-order chi connectivity index (χ1) is 11.5. The Morgan fingerprint density at radius 3 is 2.71 bits per heavy atom. The number of hydrogen-bond acceptors (Lipinski definition) is 4. The SMILES string of the molecule is CC(C)N1CCO[C@@H](CCNC(=O)C(=O)N(C)c2ccccc2)C1. The zero-order valence-electron chi connectivity index (χ0n) is 14.7. The van der Waals surface area contributed by atoms with Crippen molar-refractivity contribution < 1.29 is 14.3 Å². The molecule has 0 aromatic heterocycles. The van der Waals surface area contributed by atoms with E-state index in [1.807, 2.05) is 18.2 Å². The summed E-state index contributed by atoms with van der Waals surface area (Å²) in [7, 11) is 1.60. The summed E-state index contributed by atoms with van der Waals surface area (Å²) in [6.07, 6.45) is 0.806. The number of carbonyl (C=O) groups excluding carboxylic acids is 2. The molecule has 1 saturated heterocycles. The second kappa shape index (κ2) is 8.80. The summed E-state index contributed by atoms with van der Waals surface area (Å²) in [6, 6.07) is 9.61. The fourth-order valence-electron chi connectivity index (χ4n) is 2.73. The quantitative estimate of drug-likeness (QED) is 0.824. The lowest BCUT2D eigenvalue weighted by Crippen LogP contribution is -2.47. The minimum absolute atomic E-state index is 0.100. The van der Waals surface area contributed by atoms with Crippen molar-refractivity contribution in [2.24, 2.45) is 0 Å². The maximum atomic E-state index is 12.1.